The summed E-state index contributed by atoms with van der Waals surface area (Å²) >= 11 is 1.23. The SMILES string of the molecule is CC(C)N1C[C@]23C=C[C@H](O2)[C@H](C(=O)NCc2nnc(N)s2)[C@@H]3C1=O. The van der Waals surface area contributed by atoms with Crippen molar-refractivity contribution in [3.63, 3.8) is 0 Å². The van der Waals surface area contributed by atoms with Gasteiger partial charge in [-0.1, -0.05) is 23.5 Å². The molecule has 3 N–H and O–H groups in total. The molecule has 1 spiro atoms. The van der Waals surface area contributed by atoms with Crippen molar-refractivity contribution in [2.75, 3.05) is 12.3 Å². The van der Waals surface area contributed by atoms with Crippen molar-refractivity contribution >= 4 is 28.3 Å². The highest BCUT2D eigenvalue weighted by molar-refractivity contribution is 7.15. The van der Waals surface area contributed by atoms with Gasteiger partial charge in [-0.25, -0.2) is 0 Å². The maximum Gasteiger partial charge on any atom is 0.230 e. The highest BCUT2D eigenvalue weighted by Gasteiger charge is 2.66. The Bertz CT molecular complexity index is 732. The van der Waals surface area contributed by atoms with Crippen LogP contribution in [0.25, 0.3) is 0 Å². The molecule has 1 aromatic rings. The molecule has 0 aliphatic carbocycles. The number of hydrogen-bond acceptors (Lipinski definition) is 7. The van der Waals surface area contributed by atoms with Gasteiger partial charge < -0.3 is 20.7 Å². The number of carbonyl (C=O) groups excluding carboxylic acids is 2. The molecule has 2 amide bonds. The second kappa shape index (κ2) is 5.25. The smallest absolute Gasteiger partial charge is 0.230 e. The Morgan fingerprint density at radius 2 is 2.38 bits per heavy atom. The molecule has 0 radical (unpaired) electrons. The number of likely N-dealkylation sites (tertiary alicyclic amines) is 1. The number of aromatic nitrogens is 2. The number of nitrogens with one attached hydrogen (secondary N) is 1. The quantitative estimate of drug-likeness (QED) is 0.736. The third-order valence-corrected chi connectivity index (χ3v) is 5.70. The summed E-state index contributed by atoms with van der Waals surface area (Å²) in [6.45, 7) is 4.71. The van der Waals surface area contributed by atoms with Gasteiger partial charge in [0.15, 0.2) is 0 Å². The number of nitrogens with two attached hydrogens (primary N) is 1. The molecule has 0 aromatic carbocycles. The van der Waals surface area contributed by atoms with E-state index in [9.17, 15) is 9.59 Å². The molecule has 4 heterocycles. The van der Waals surface area contributed by atoms with Crippen molar-refractivity contribution in [2.24, 2.45) is 11.8 Å². The lowest BCUT2D eigenvalue weighted by atomic mass is 9.77. The van der Waals surface area contributed by atoms with E-state index in [-0.39, 0.29) is 30.5 Å². The van der Waals surface area contributed by atoms with Crippen LogP contribution >= 0.6 is 11.3 Å². The molecule has 4 atom stereocenters. The van der Waals surface area contributed by atoms with Crippen molar-refractivity contribution in [3.8, 4) is 0 Å². The fourth-order valence-electron chi connectivity index (χ4n) is 3.88. The van der Waals surface area contributed by atoms with Gasteiger partial charge in [0.05, 0.1) is 31.0 Å². The lowest BCUT2D eigenvalue weighted by Crippen LogP contribution is -2.44. The van der Waals surface area contributed by atoms with Gasteiger partial charge in [-0.15, -0.1) is 10.2 Å². The van der Waals surface area contributed by atoms with Crippen LogP contribution in [0.5, 0.6) is 0 Å². The standard InChI is InChI=1S/C15H19N5O3S/c1-7(2)20-6-15-4-3-8(23-15)10(11(15)13(20)22)12(21)17-5-9-18-19-14(16)24-9/h3-4,7-8,10-11H,5-6H2,1-2H3,(H2,16,19)(H,17,21)/t8-,10-,11+,15-/m0/s1. The zero-order valence-electron chi connectivity index (χ0n) is 13.4. The van der Waals surface area contributed by atoms with Gasteiger partial charge >= 0.3 is 0 Å². The Hall–Kier alpha value is -2.00. The summed E-state index contributed by atoms with van der Waals surface area (Å²) in [7, 11) is 0. The van der Waals surface area contributed by atoms with E-state index in [0.717, 1.165) is 0 Å². The van der Waals surface area contributed by atoms with Crippen molar-refractivity contribution in [1.82, 2.24) is 20.4 Å². The second-order valence-electron chi connectivity index (χ2n) is 6.71. The summed E-state index contributed by atoms with van der Waals surface area (Å²) < 4.78 is 6.04. The molecule has 2 saturated heterocycles. The average molecular weight is 349 g/mol. The Labute approximate surface area is 143 Å². The van der Waals surface area contributed by atoms with Gasteiger partial charge in [-0.05, 0) is 13.8 Å². The monoisotopic (exact) mass is 349 g/mol. The summed E-state index contributed by atoms with van der Waals surface area (Å²) in [5, 5.41) is 11.4. The van der Waals surface area contributed by atoms with E-state index in [4.69, 9.17) is 10.5 Å². The first-order valence-corrected chi connectivity index (χ1v) is 8.76. The van der Waals surface area contributed by atoms with Crippen LogP contribution in [-0.4, -0.2) is 51.2 Å². The molecule has 4 rings (SSSR count). The maximum atomic E-state index is 12.8. The predicted octanol–water partition coefficient (Wildman–Crippen LogP) is -0.0731. The molecule has 8 nitrogen and oxygen atoms in total. The minimum absolute atomic E-state index is 0.00263. The minimum atomic E-state index is -0.652. The molecule has 9 heteroatoms. The molecule has 128 valence electrons. The number of rotatable bonds is 4. The molecule has 2 fully saturated rings. The van der Waals surface area contributed by atoms with E-state index in [1.54, 1.807) is 4.90 Å². The number of nitrogens with zero attached hydrogens (tertiary/aromatic N) is 3. The van der Waals surface area contributed by atoms with E-state index in [1.807, 2.05) is 26.0 Å². The molecular weight excluding hydrogens is 330 g/mol. The zero-order chi connectivity index (χ0) is 17.1. The third-order valence-electron chi connectivity index (χ3n) is 4.95. The lowest BCUT2D eigenvalue weighted by molar-refractivity contribution is -0.138. The Morgan fingerprint density at radius 3 is 3.04 bits per heavy atom. The minimum Gasteiger partial charge on any atom is -0.374 e. The first-order chi connectivity index (χ1) is 11.4. The zero-order valence-corrected chi connectivity index (χ0v) is 14.2. The van der Waals surface area contributed by atoms with Crippen LogP contribution in [-0.2, 0) is 20.9 Å². The second-order valence-corrected chi connectivity index (χ2v) is 7.81. The van der Waals surface area contributed by atoms with Crippen molar-refractivity contribution in [2.45, 2.75) is 38.1 Å². The summed E-state index contributed by atoms with van der Waals surface area (Å²) in [5.41, 5.74) is 4.89. The van der Waals surface area contributed by atoms with E-state index in [0.29, 0.717) is 16.7 Å². The summed E-state index contributed by atoms with van der Waals surface area (Å²) in [6.07, 6.45) is 3.52. The Kier molecular flexibility index (Phi) is 3.40. The summed E-state index contributed by atoms with van der Waals surface area (Å²) in [5.74, 6) is -1.15. The van der Waals surface area contributed by atoms with Gasteiger partial charge in [0.25, 0.3) is 0 Å². The molecule has 1 aromatic heterocycles. The first-order valence-electron chi connectivity index (χ1n) is 7.94. The number of carbonyl (C=O) groups is 2. The molecule has 24 heavy (non-hydrogen) atoms. The van der Waals surface area contributed by atoms with Crippen LogP contribution in [0.1, 0.15) is 18.9 Å². The topological polar surface area (TPSA) is 110 Å². The van der Waals surface area contributed by atoms with Crippen LogP contribution < -0.4 is 11.1 Å². The first kappa shape index (κ1) is 15.5. The van der Waals surface area contributed by atoms with E-state index >= 15 is 0 Å². The lowest BCUT2D eigenvalue weighted by Gasteiger charge is -2.24. The molecule has 0 saturated carbocycles. The summed E-state index contributed by atoms with van der Waals surface area (Å²) in [4.78, 5) is 27.3. The van der Waals surface area contributed by atoms with E-state index < -0.39 is 17.4 Å². The van der Waals surface area contributed by atoms with Gasteiger partial charge in [0.1, 0.15) is 10.6 Å². The highest BCUT2D eigenvalue weighted by Crippen LogP contribution is 2.52. The molecule has 3 aliphatic heterocycles. The van der Waals surface area contributed by atoms with Gasteiger partial charge in [-0.3, -0.25) is 9.59 Å². The number of amides is 2. The normalized spacial score (nSPS) is 33.5. The maximum absolute atomic E-state index is 12.8. The van der Waals surface area contributed by atoms with Crippen LogP contribution in [0.15, 0.2) is 12.2 Å². The van der Waals surface area contributed by atoms with E-state index in [1.165, 1.54) is 11.3 Å². The summed E-state index contributed by atoms with van der Waals surface area (Å²) in [6, 6.07) is 0.0848. The van der Waals surface area contributed by atoms with Crippen LogP contribution in [0.2, 0.25) is 0 Å². The Morgan fingerprint density at radius 1 is 1.58 bits per heavy atom. The van der Waals surface area contributed by atoms with Crippen molar-refractivity contribution in [1.29, 1.82) is 0 Å². The Balaban J connectivity index is 1.52. The molecular formula is C15H19N5O3S. The van der Waals surface area contributed by atoms with Crippen molar-refractivity contribution < 1.29 is 14.3 Å². The number of hydrogen-bond donors (Lipinski definition) is 2. The number of anilines is 1. The number of fused-ring (bicyclic) bond motifs is 1. The molecule has 3 aliphatic rings. The highest BCUT2D eigenvalue weighted by atomic mass is 32.1. The average Bonchev–Trinajstić information content (AvgIpc) is 3.26. The van der Waals surface area contributed by atoms with Gasteiger partial charge in [0, 0.05) is 6.04 Å². The van der Waals surface area contributed by atoms with Gasteiger partial charge in [0.2, 0.25) is 16.9 Å². The van der Waals surface area contributed by atoms with Crippen LogP contribution in [0.3, 0.4) is 0 Å². The van der Waals surface area contributed by atoms with Crippen molar-refractivity contribution in [3.05, 3.63) is 17.2 Å². The third kappa shape index (κ3) is 2.15. The molecule has 0 unspecified atom stereocenters. The fraction of sp³-hybridized carbons (Fsp3) is 0.600. The largest absolute Gasteiger partial charge is 0.374 e. The number of ether oxygens (including phenoxy) is 1. The van der Waals surface area contributed by atoms with Crippen LogP contribution in [0, 0.1) is 11.8 Å². The number of nitrogen functional groups attached to an aromatic ring is 1. The van der Waals surface area contributed by atoms with Crippen LogP contribution in [0.4, 0.5) is 5.13 Å². The fourth-order valence-corrected chi connectivity index (χ4v) is 4.43. The predicted molar refractivity (Wildman–Crippen MR) is 86.7 cm³/mol. The molecule has 2 bridgehead atoms. The van der Waals surface area contributed by atoms with E-state index in [2.05, 4.69) is 15.5 Å². The van der Waals surface area contributed by atoms with Gasteiger partial charge in [-0.2, -0.15) is 0 Å².